The van der Waals surface area contributed by atoms with Crippen molar-refractivity contribution in [2.24, 2.45) is 5.73 Å². The minimum absolute atomic E-state index is 0.222. The van der Waals surface area contributed by atoms with Gasteiger partial charge in [0.1, 0.15) is 30.7 Å². The Hall–Kier alpha value is -1.48. The van der Waals surface area contributed by atoms with E-state index >= 15 is 0 Å². The van der Waals surface area contributed by atoms with Crippen molar-refractivity contribution in [2.45, 2.75) is 186 Å². The normalized spacial score (nSPS) is 20.7. The maximum atomic E-state index is 12.8. The third-order valence-electron chi connectivity index (χ3n) is 9.45. The molecule has 0 radical (unpaired) electrons. The molecule has 304 valence electrons. The lowest BCUT2D eigenvalue weighted by atomic mass is 10.1. The number of ether oxygens (including phenoxy) is 3. The van der Waals surface area contributed by atoms with E-state index in [-0.39, 0.29) is 19.0 Å². The third-order valence-corrected chi connectivity index (χ3v) is 10.4. The van der Waals surface area contributed by atoms with Gasteiger partial charge < -0.3 is 35.1 Å². The number of hydrogen-bond donors (Lipinski definition) is 4. The molecule has 1 saturated heterocycles. The Labute approximate surface area is 312 Å². The SMILES string of the molecule is CCCCCCCCCCCCCOCC(COP(=O)(O)OC[C@H]1O[C@@H](n2cnc(C(N)=O)n2)C(O)C1O)OCCCCCCCCCCCCC. The van der Waals surface area contributed by atoms with Crippen LogP contribution in [0.3, 0.4) is 0 Å². The fourth-order valence-corrected chi connectivity index (χ4v) is 6.99. The zero-order chi connectivity index (χ0) is 37.9. The second-order valence-electron chi connectivity index (χ2n) is 14.2. The lowest BCUT2D eigenvalue weighted by Gasteiger charge is -2.21. The molecule has 6 atom stereocenters. The molecule has 4 unspecified atom stereocenters. The van der Waals surface area contributed by atoms with E-state index in [0.717, 1.165) is 43.1 Å². The van der Waals surface area contributed by atoms with Gasteiger partial charge in [-0.1, -0.05) is 142 Å². The first-order chi connectivity index (χ1) is 25.2. The van der Waals surface area contributed by atoms with Crippen molar-refractivity contribution in [3.8, 4) is 0 Å². The number of carbonyl (C=O) groups is 1. The second-order valence-corrected chi connectivity index (χ2v) is 15.6. The van der Waals surface area contributed by atoms with Gasteiger partial charge in [-0.3, -0.25) is 13.8 Å². The predicted octanol–water partition coefficient (Wildman–Crippen LogP) is 7.15. The summed E-state index contributed by atoms with van der Waals surface area (Å²) in [6.45, 7) is 4.99. The quantitative estimate of drug-likeness (QED) is 0.0403. The zero-order valence-electron chi connectivity index (χ0n) is 32.1. The molecule has 0 spiro atoms. The van der Waals surface area contributed by atoms with Crippen LogP contribution in [0, 0.1) is 0 Å². The molecule has 0 bridgehead atoms. The van der Waals surface area contributed by atoms with Crippen LogP contribution in [0.2, 0.25) is 0 Å². The largest absolute Gasteiger partial charge is 0.472 e. The molecule has 1 amide bonds. The van der Waals surface area contributed by atoms with Crippen LogP contribution in [0.25, 0.3) is 0 Å². The van der Waals surface area contributed by atoms with Gasteiger partial charge in [-0.25, -0.2) is 14.2 Å². The van der Waals surface area contributed by atoms with E-state index in [1.165, 1.54) is 109 Å². The molecule has 0 aliphatic carbocycles. The van der Waals surface area contributed by atoms with Gasteiger partial charge in [0.25, 0.3) is 5.91 Å². The molecule has 14 nitrogen and oxygen atoms in total. The molecule has 1 aliphatic rings. The van der Waals surface area contributed by atoms with Crippen molar-refractivity contribution in [2.75, 3.05) is 33.0 Å². The molecular formula is C37H71N4O10P. The van der Waals surface area contributed by atoms with Crippen LogP contribution in [0.4, 0.5) is 0 Å². The van der Waals surface area contributed by atoms with E-state index in [1.807, 2.05) is 0 Å². The Kier molecular flexibility index (Phi) is 25.9. The highest BCUT2D eigenvalue weighted by Crippen LogP contribution is 2.44. The maximum Gasteiger partial charge on any atom is 0.472 e. The molecular weight excluding hydrogens is 691 g/mol. The summed E-state index contributed by atoms with van der Waals surface area (Å²) in [6.07, 6.45) is 22.4. The second kappa shape index (κ2) is 28.9. The number of unbranched alkanes of at least 4 members (excludes halogenated alkanes) is 20. The molecule has 52 heavy (non-hydrogen) atoms. The first-order valence-electron chi connectivity index (χ1n) is 20.2. The van der Waals surface area contributed by atoms with Crippen LogP contribution in [-0.2, 0) is 27.8 Å². The summed E-state index contributed by atoms with van der Waals surface area (Å²) in [5.74, 6) is -1.16. The molecule has 15 heteroatoms. The Balaban J connectivity index is 1.72. The van der Waals surface area contributed by atoms with Gasteiger partial charge in [0, 0.05) is 13.2 Å². The monoisotopic (exact) mass is 762 g/mol. The number of phosphoric acid groups is 1. The maximum absolute atomic E-state index is 12.8. The summed E-state index contributed by atoms with van der Waals surface area (Å²) in [6, 6.07) is 0. The van der Waals surface area contributed by atoms with Gasteiger partial charge in [-0.2, -0.15) is 0 Å². The molecule has 0 aromatic carbocycles. The van der Waals surface area contributed by atoms with Crippen LogP contribution in [0.1, 0.15) is 172 Å². The number of phosphoric ester groups is 1. The zero-order valence-corrected chi connectivity index (χ0v) is 33.0. The number of aromatic nitrogens is 3. The van der Waals surface area contributed by atoms with Crippen LogP contribution < -0.4 is 5.73 Å². The minimum atomic E-state index is -4.59. The van der Waals surface area contributed by atoms with Gasteiger partial charge in [0.05, 0.1) is 19.8 Å². The number of amides is 1. The van der Waals surface area contributed by atoms with E-state index < -0.39 is 51.0 Å². The number of aliphatic hydroxyl groups is 2. The predicted molar refractivity (Wildman–Crippen MR) is 200 cm³/mol. The Morgan fingerprint density at radius 2 is 1.29 bits per heavy atom. The van der Waals surface area contributed by atoms with Crippen LogP contribution >= 0.6 is 7.82 Å². The Bertz CT molecular complexity index is 1080. The molecule has 2 rings (SSSR count). The molecule has 5 N–H and O–H groups in total. The summed E-state index contributed by atoms with van der Waals surface area (Å²) in [5.41, 5.74) is 5.17. The van der Waals surface area contributed by atoms with E-state index in [1.54, 1.807) is 0 Å². The number of primary amides is 1. The van der Waals surface area contributed by atoms with E-state index in [2.05, 4.69) is 23.9 Å². The highest BCUT2D eigenvalue weighted by Gasteiger charge is 2.45. The summed E-state index contributed by atoms with van der Waals surface area (Å²) in [4.78, 5) is 25.5. The molecule has 2 heterocycles. The Morgan fingerprint density at radius 3 is 1.79 bits per heavy atom. The summed E-state index contributed by atoms with van der Waals surface area (Å²) in [7, 11) is -4.59. The van der Waals surface area contributed by atoms with Gasteiger partial charge >= 0.3 is 7.82 Å². The first-order valence-corrected chi connectivity index (χ1v) is 21.7. The molecule has 0 saturated carbocycles. The van der Waals surface area contributed by atoms with E-state index in [9.17, 15) is 24.5 Å². The van der Waals surface area contributed by atoms with E-state index in [4.69, 9.17) is 29.0 Å². The van der Waals surface area contributed by atoms with Crippen LogP contribution in [0.15, 0.2) is 6.33 Å². The lowest BCUT2D eigenvalue weighted by molar-refractivity contribution is -0.0637. The van der Waals surface area contributed by atoms with E-state index in [0.29, 0.717) is 13.2 Å². The Morgan fingerprint density at radius 1 is 0.788 bits per heavy atom. The van der Waals surface area contributed by atoms with Crippen molar-refractivity contribution in [3.63, 3.8) is 0 Å². The smallest absolute Gasteiger partial charge is 0.387 e. The van der Waals surface area contributed by atoms with Gasteiger partial charge in [0.2, 0.25) is 5.82 Å². The van der Waals surface area contributed by atoms with Crippen LogP contribution in [-0.4, -0.2) is 93.2 Å². The highest BCUT2D eigenvalue weighted by atomic mass is 31.2. The fraction of sp³-hybridized carbons (Fsp3) is 0.919. The number of aliphatic hydroxyl groups excluding tert-OH is 2. The molecule has 1 aliphatic heterocycles. The topological polar surface area (TPSA) is 198 Å². The summed E-state index contributed by atoms with van der Waals surface area (Å²) >= 11 is 0. The minimum Gasteiger partial charge on any atom is -0.387 e. The average Bonchev–Trinajstić information content (AvgIpc) is 3.73. The number of carbonyl (C=O) groups excluding carboxylic acids is 1. The average molecular weight is 763 g/mol. The van der Waals surface area contributed by atoms with Crippen molar-refractivity contribution < 1.29 is 47.7 Å². The number of rotatable bonds is 35. The standard InChI is InChI=1S/C37H71N4O10P/c1-3-5-7-9-11-13-15-17-19-21-23-25-47-27-31(48-26-24-22-20-18-16-14-12-10-8-6-4-2)28-49-52(45,46)50-29-32-33(42)34(43)37(51-32)41-30-39-36(40-41)35(38)44/h30-34,37,42-43H,3-29H2,1-2H3,(H2,38,44)(H,45,46)/t31?,32-,33?,34?,37-/m1/s1. The summed E-state index contributed by atoms with van der Waals surface area (Å²) < 4.78 is 41.8. The molecule has 1 aromatic heterocycles. The number of nitrogens with zero attached hydrogens (tertiary/aromatic N) is 3. The molecule has 1 aromatic rings. The first kappa shape index (κ1) is 46.7. The van der Waals surface area contributed by atoms with Crippen molar-refractivity contribution in [1.29, 1.82) is 0 Å². The summed E-state index contributed by atoms with van der Waals surface area (Å²) in [5, 5.41) is 24.7. The third kappa shape index (κ3) is 20.8. The van der Waals surface area contributed by atoms with Crippen molar-refractivity contribution in [1.82, 2.24) is 14.8 Å². The highest BCUT2D eigenvalue weighted by molar-refractivity contribution is 7.47. The van der Waals surface area contributed by atoms with Crippen molar-refractivity contribution >= 4 is 13.7 Å². The molecule has 1 fully saturated rings. The van der Waals surface area contributed by atoms with Crippen LogP contribution in [0.5, 0.6) is 0 Å². The number of hydrogen-bond acceptors (Lipinski definition) is 11. The van der Waals surface area contributed by atoms with Gasteiger partial charge in [-0.15, -0.1) is 5.10 Å². The lowest BCUT2D eigenvalue weighted by Crippen LogP contribution is -2.34. The van der Waals surface area contributed by atoms with Gasteiger partial charge in [-0.05, 0) is 12.8 Å². The van der Waals surface area contributed by atoms with Gasteiger partial charge in [0.15, 0.2) is 6.23 Å². The van der Waals surface area contributed by atoms with Crippen molar-refractivity contribution in [3.05, 3.63) is 12.2 Å². The number of nitrogens with two attached hydrogens (primary N) is 1. The fourth-order valence-electron chi connectivity index (χ4n) is 6.22.